The van der Waals surface area contributed by atoms with E-state index in [2.05, 4.69) is 38.2 Å². The van der Waals surface area contributed by atoms with Crippen LogP contribution in [0.2, 0.25) is 0 Å². The lowest BCUT2D eigenvalue weighted by atomic mass is 9.92. The van der Waals surface area contributed by atoms with Crippen LogP contribution in [0.4, 0.5) is 0 Å². The van der Waals surface area contributed by atoms with Gasteiger partial charge in [0.15, 0.2) is 17.9 Å². The van der Waals surface area contributed by atoms with Crippen molar-refractivity contribution in [2.75, 3.05) is 33.0 Å². The van der Waals surface area contributed by atoms with Gasteiger partial charge in [-0.05, 0) is 103 Å². The van der Waals surface area contributed by atoms with Gasteiger partial charge in [-0.2, -0.15) is 0 Å². The van der Waals surface area contributed by atoms with E-state index >= 15 is 0 Å². The molecule has 0 radical (unpaired) electrons. The number of unbranched alkanes of at least 4 members (excludes halogenated alkanes) is 25. The van der Waals surface area contributed by atoms with E-state index in [1.165, 1.54) is 154 Å². The smallest absolute Gasteiger partial charge is 0.324 e. The van der Waals surface area contributed by atoms with Gasteiger partial charge >= 0.3 is 5.97 Å². The third-order valence-corrected chi connectivity index (χ3v) is 12.6. The van der Waals surface area contributed by atoms with Crippen LogP contribution in [0.15, 0.2) is 24.3 Å². The fraction of sp³-hybridized carbons (Fsp3) is 0.870. The lowest BCUT2D eigenvalue weighted by Gasteiger charge is -2.27. The van der Waals surface area contributed by atoms with Crippen molar-refractivity contribution in [1.82, 2.24) is 0 Å². The molecule has 5 N–H and O–H groups in total. The Labute approximate surface area is 392 Å². The molecule has 1 rings (SSSR count). The molecule has 0 aromatic heterocycles. The fourth-order valence-corrected chi connectivity index (χ4v) is 8.34. The van der Waals surface area contributed by atoms with Gasteiger partial charge in [0.05, 0.1) is 13.2 Å². The van der Waals surface area contributed by atoms with Crippen molar-refractivity contribution >= 4 is 17.5 Å². The number of rotatable bonds is 48. The van der Waals surface area contributed by atoms with Gasteiger partial charge in [0, 0.05) is 32.5 Å². The predicted molar refractivity (Wildman–Crippen MR) is 264 cm³/mol. The van der Waals surface area contributed by atoms with Crippen LogP contribution in [0.3, 0.4) is 0 Å². The number of allylic oxidation sites excluding steroid dienone is 4. The Hall–Kier alpha value is -1.95. The SMILES string of the molecule is CCCCCCCC/C=C\CCCCCCCCOC[C@H](COC(O)CCCCC1(OC(=O)[C@@H](N)CCCN)C(=O)CCC1=O)OCCCCCCCC/C=C\CCCCCCCC. The maximum absolute atomic E-state index is 12.9. The van der Waals surface area contributed by atoms with Crippen LogP contribution >= 0.6 is 0 Å². The largest absolute Gasteiger partial charge is 0.442 e. The molecule has 1 aliphatic carbocycles. The average molecular weight is 905 g/mol. The van der Waals surface area contributed by atoms with Crippen molar-refractivity contribution in [3.05, 3.63) is 24.3 Å². The summed E-state index contributed by atoms with van der Waals surface area (Å²) >= 11 is 0. The lowest BCUT2D eigenvalue weighted by Crippen LogP contribution is -2.49. The van der Waals surface area contributed by atoms with E-state index in [1.54, 1.807) is 0 Å². The first kappa shape index (κ1) is 60.1. The molecule has 1 saturated carbocycles. The lowest BCUT2D eigenvalue weighted by molar-refractivity contribution is -0.172. The highest BCUT2D eigenvalue weighted by molar-refractivity contribution is 6.17. The first-order chi connectivity index (χ1) is 31.3. The van der Waals surface area contributed by atoms with Crippen molar-refractivity contribution in [2.24, 2.45) is 11.5 Å². The second-order valence-electron chi connectivity index (χ2n) is 18.6. The molecule has 0 spiro atoms. The number of esters is 1. The summed E-state index contributed by atoms with van der Waals surface area (Å²) in [6.45, 7) is 6.84. The minimum atomic E-state index is -1.78. The summed E-state index contributed by atoms with van der Waals surface area (Å²) in [4.78, 5) is 38.4. The zero-order chi connectivity index (χ0) is 46.6. The van der Waals surface area contributed by atoms with Crippen LogP contribution in [-0.4, -0.2) is 79.7 Å². The molecule has 0 saturated heterocycles. The Bertz CT molecular complexity index is 1150. The third kappa shape index (κ3) is 32.7. The summed E-state index contributed by atoms with van der Waals surface area (Å²) in [7, 11) is 0. The van der Waals surface area contributed by atoms with E-state index in [0.717, 1.165) is 25.7 Å². The van der Waals surface area contributed by atoms with Crippen molar-refractivity contribution in [2.45, 2.75) is 269 Å². The van der Waals surface area contributed by atoms with Crippen LogP contribution in [0.25, 0.3) is 0 Å². The number of Topliss-reactive ketones (excluding diaryl/α,β-unsaturated/α-hetero) is 2. The van der Waals surface area contributed by atoms with Gasteiger partial charge in [-0.3, -0.25) is 14.4 Å². The van der Waals surface area contributed by atoms with E-state index < -0.39 is 23.9 Å². The molecule has 0 amide bonds. The number of ether oxygens (including phenoxy) is 4. The molecule has 1 aliphatic rings. The number of aliphatic hydroxyl groups is 1. The highest BCUT2D eigenvalue weighted by Crippen LogP contribution is 2.33. The summed E-state index contributed by atoms with van der Waals surface area (Å²) < 4.78 is 23.7. The van der Waals surface area contributed by atoms with Crippen molar-refractivity contribution in [3.63, 3.8) is 0 Å². The van der Waals surface area contributed by atoms with Gasteiger partial charge in [-0.1, -0.05) is 154 Å². The second-order valence-corrected chi connectivity index (χ2v) is 18.6. The van der Waals surface area contributed by atoms with Crippen LogP contribution in [0.5, 0.6) is 0 Å². The summed E-state index contributed by atoms with van der Waals surface area (Å²) in [5.41, 5.74) is 9.71. The van der Waals surface area contributed by atoms with Crippen LogP contribution in [-0.2, 0) is 33.3 Å². The summed E-state index contributed by atoms with van der Waals surface area (Å²) in [6.07, 6.45) is 45.8. The molecule has 3 atom stereocenters. The Morgan fingerprint density at radius 3 is 1.52 bits per heavy atom. The molecule has 374 valence electrons. The van der Waals surface area contributed by atoms with Gasteiger partial charge in [0.2, 0.25) is 5.60 Å². The Balaban J connectivity index is 2.40. The monoisotopic (exact) mass is 905 g/mol. The fourth-order valence-electron chi connectivity index (χ4n) is 8.34. The van der Waals surface area contributed by atoms with Crippen molar-refractivity contribution in [1.29, 1.82) is 0 Å². The minimum absolute atomic E-state index is 0.0497. The number of ketones is 2. The Kier molecular flexibility index (Phi) is 40.9. The third-order valence-electron chi connectivity index (χ3n) is 12.6. The van der Waals surface area contributed by atoms with Crippen LogP contribution in [0, 0.1) is 0 Å². The molecule has 10 nitrogen and oxygen atoms in total. The molecule has 64 heavy (non-hydrogen) atoms. The van der Waals surface area contributed by atoms with Gasteiger partial charge in [0.25, 0.3) is 0 Å². The van der Waals surface area contributed by atoms with E-state index in [4.69, 9.17) is 30.4 Å². The number of aliphatic hydroxyl groups excluding tert-OH is 1. The number of carbonyl (C=O) groups excluding carboxylic acids is 3. The molecule has 1 fully saturated rings. The molecule has 10 heteroatoms. The molecule has 1 unspecified atom stereocenters. The van der Waals surface area contributed by atoms with Gasteiger partial charge in [0.1, 0.15) is 12.1 Å². The predicted octanol–water partition coefficient (Wildman–Crippen LogP) is 12.6. The molecule has 0 aliphatic heterocycles. The Morgan fingerprint density at radius 2 is 1.03 bits per heavy atom. The quantitative estimate of drug-likeness (QED) is 0.0176. The average Bonchev–Trinajstić information content (AvgIpc) is 3.56. The zero-order valence-corrected chi connectivity index (χ0v) is 41.5. The maximum atomic E-state index is 12.9. The number of nitrogens with two attached hydrogens (primary N) is 2. The molecule has 0 heterocycles. The highest BCUT2D eigenvalue weighted by Gasteiger charge is 2.52. The summed E-state index contributed by atoms with van der Waals surface area (Å²) in [6, 6.07) is -0.940. The number of hydrogen-bond acceptors (Lipinski definition) is 10. The first-order valence-electron chi connectivity index (χ1n) is 26.8. The van der Waals surface area contributed by atoms with E-state index in [9.17, 15) is 19.5 Å². The van der Waals surface area contributed by atoms with Gasteiger partial charge < -0.3 is 35.5 Å². The van der Waals surface area contributed by atoms with Gasteiger partial charge in [-0.25, -0.2) is 0 Å². The Morgan fingerprint density at radius 1 is 0.578 bits per heavy atom. The summed E-state index contributed by atoms with van der Waals surface area (Å²) in [5, 5.41) is 10.7. The summed E-state index contributed by atoms with van der Waals surface area (Å²) in [5.74, 6) is -1.51. The van der Waals surface area contributed by atoms with Crippen LogP contribution in [0.1, 0.15) is 245 Å². The van der Waals surface area contributed by atoms with E-state index in [-0.39, 0.29) is 43.5 Å². The second kappa shape index (κ2) is 43.6. The normalized spacial score (nSPS) is 15.5. The maximum Gasteiger partial charge on any atom is 0.324 e. The highest BCUT2D eigenvalue weighted by atomic mass is 16.6. The standard InChI is InChI=1S/C54H100N2O8/c1-3-5-7-9-11-13-15-17-19-21-23-25-27-29-31-35-44-61-46-48(62-45-36-32-30-28-26-24-22-20-18-16-14-12-10-8-6-4-2)47-63-52(59)39-33-34-42-54(50(57)40-41-51(54)58)64-53(60)49(56)38-37-43-55/h17-20,48-49,52,59H,3-16,21-47,55-56H2,1-2H3/b19-17-,20-18-/t48-,49+,52?/m1/s1. The van der Waals surface area contributed by atoms with Crippen molar-refractivity contribution in [3.8, 4) is 0 Å². The molecular formula is C54H100N2O8. The first-order valence-corrected chi connectivity index (χ1v) is 26.8. The van der Waals surface area contributed by atoms with E-state index in [1.807, 2.05) is 0 Å². The van der Waals surface area contributed by atoms with E-state index in [0.29, 0.717) is 58.5 Å². The minimum Gasteiger partial charge on any atom is -0.442 e. The molecule has 0 aromatic rings. The topological polar surface area (TPSA) is 160 Å². The van der Waals surface area contributed by atoms with Crippen molar-refractivity contribution < 1.29 is 38.4 Å². The number of carbonyl (C=O) groups is 3. The molecule has 0 bridgehead atoms. The zero-order valence-electron chi connectivity index (χ0n) is 41.5. The number of hydrogen-bond donors (Lipinski definition) is 3. The van der Waals surface area contributed by atoms with Gasteiger partial charge in [-0.15, -0.1) is 0 Å². The van der Waals surface area contributed by atoms with Crippen LogP contribution < -0.4 is 11.5 Å². The molecule has 0 aromatic carbocycles. The molecular weight excluding hydrogens is 805 g/mol.